The van der Waals surface area contributed by atoms with Gasteiger partial charge in [0.2, 0.25) is 0 Å². The van der Waals surface area contributed by atoms with E-state index in [1.54, 1.807) is 0 Å². The fourth-order valence-electron chi connectivity index (χ4n) is 3.99. The fourth-order valence-corrected chi connectivity index (χ4v) is 3.99. The maximum atomic E-state index is 13.1. The van der Waals surface area contributed by atoms with Crippen LogP contribution in [0.25, 0.3) is 6.08 Å². The van der Waals surface area contributed by atoms with Crippen molar-refractivity contribution in [2.75, 3.05) is 0 Å². The first kappa shape index (κ1) is 16.1. The predicted octanol–water partition coefficient (Wildman–Crippen LogP) is 3.20. The highest BCUT2D eigenvalue weighted by molar-refractivity contribution is 6.12. The number of ketones is 2. The molecule has 0 radical (unpaired) electrons. The molecule has 2 aliphatic rings. The Morgan fingerprint density at radius 3 is 2.48 bits per heavy atom. The molecule has 1 aromatic carbocycles. The second-order valence-electron chi connectivity index (χ2n) is 7.49. The molecule has 0 aliphatic heterocycles. The molecule has 0 spiro atoms. The van der Waals surface area contributed by atoms with Crippen LogP contribution in [0.2, 0.25) is 0 Å². The van der Waals surface area contributed by atoms with Gasteiger partial charge >= 0.3 is 0 Å². The zero-order valence-electron chi connectivity index (χ0n) is 14.4. The highest BCUT2D eigenvalue weighted by atomic mass is 16.3. The minimum atomic E-state index is -1.69. The molecule has 122 valence electrons. The van der Waals surface area contributed by atoms with Crippen LogP contribution in [0.1, 0.15) is 49.9 Å². The van der Waals surface area contributed by atoms with Gasteiger partial charge in [-0.05, 0) is 42.0 Å². The topological polar surface area (TPSA) is 54.4 Å². The SMILES string of the molecule is Cc1ccc2c3c1C[C@H](C(=O)C(C)C)[C@@]3(O)C(=O)C(C(C)C)=C2. The smallest absolute Gasteiger partial charge is 0.195 e. The van der Waals surface area contributed by atoms with Crippen molar-refractivity contribution in [1.82, 2.24) is 0 Å². The van der Waals surface area contributed by atoms with Crippen LogP contribution in [0.4, 0.5) is 0 Å². The van der Waals surface area contributed by atoms with E-state index in [0.717, 1.165) is 16.7 Å². The van der Waals surface area contributed by atoms with Crippen LogP contribution in [0.3, 0.4) is 0 Å². The Labute approximate surface area is 137 Å². The molecule has 0 amide bonds. The van der Waals surface area contributed by atoms with Crippen molar-refractivity contribution in [2.24, 2.45) is 17.8 Å². The quantitative estimate of drug-likeness (QED) is 0.932. The molecular formula is C20H24O3. The minimum Gasteiger partial charge on any atom is -0.376 e. The molecule has 0 fully saturated rings. The van der Waals surface area contributed by atoms with Crippen molar-refractivity contribution in [3.05, 3.63) is 40.0 Å². The molecule has 2 atom stereocenters. The Morgan fingerprint density at radius 1 is 1.26 bits per heavy atom. The third kappa shape index (κ3) is 2.06. The second-order valence-corrected chi connectivity index (χ2v) is 7.49. The van der Waals surface area contributed by atoms with Gasteiger partial charge in [0, 0.05) is 17.1 Å². The average Bonchev–Trinajstić information content (AvgIpc) is 2.81. The van der Waals surface area contributed by atoms with Crippen molar-refractivity contribution >= 4 is 17.6 Å². The van der Waals surface area contributed by atoms with Crippen molar-refractivity contribution in [3.63, 3.8) is 0 Å². The van der Waals surface area contributed by atoms with Crippen LogP contribution in [-0.4, -0.2) is 16.7 Å². The molecule has 0 aromatic heterocycles. The summed E-state index contributed by atoms with van der Waals surface area (Å²) >= 11 is 0. The standard InChI is InChI=1S/C20H24O3/c1-10(2)14-8-13-7-6-12(5)15-9-16(18(21)11(3)4)20(23,17(13)15)19(14)22/h6-8,10-11,16,23H,9H2,1-5H3/t16-,20+/m1/s1. The predicted molar refractivity (Wildman–Crippen MR) is 89.9 cm³/mol. The molecule has 0 saturated carbocycles. The largest absolute Gasteiger partial charge is 0.376 e. The van der Waals surface area contributed by atoms with Crippen molar-refractivity contribution in [1.29, 1.82) is 0 Å². The number of aryl methyl sites for hydroxylation is 1. The van der Waals surface area contributed by atoms with Gasteiger partial charge in [0.1, 0.15) is 5.78 Å². The van der Waals surface area contributed by atoms with Gasteiger partial charge < -0.3 is 5.11 Å². The Bertz CT molecular complexity index is 739. The highest BCUT2D eigenvalue weighted by Gasteiger charge is 2.57. The van der Waals surface area contributed by atoms with E-state index in [1.807, 2.05) is 52.8 Å². The molecule has 0 saturated heterocycles. The van der Waals surface area contributed by atoms with Crippen LogP contribution in [0.15, 0.2) is 17.7 Å². The number of benzene rings is 1. The third-order valence-corrected chi connectivity index (χ3v) is 5.33. The summed E-state index contributed by atoms with van der Waals surface area (Å²) in [6, 6.07) is 3.97. The zero-order chi connectivity index (χ0) is 17.1. The molecule has 1 aromatic rings. The van der Waals surface area contributed by atoms with Crippen molar-refractivity contribution < 1.29 is 14.7 Å². The third-order valence-electron chi connectivity index (χ3n) is 5.33. The summed E-state index contributed by atoms with van der Waals surface area (Å²) in [5, 5.41) is 11.5. The van der Waals surface area contributed by atoms with E-state index in [0.29, 0.717) is 17.6 Å². The number of aliphatic hydroxyl groups is 1. The van der Waals surface area contributed by atoms with E-state index in [1.165, 1.54) is 0 Å². The van der Waals surface area contributed by atoms with E-state index in [9.17, 15) is 14.7 Å². The van der Waals surface area contributed by atoms with Crippen molar-refractivity contribution in [2.45, 2.75) is 46.6 Å². The number of hydrogen-bond acceptors (Lipinski definition) is 3. The number of hydrogen-bond donors (Lipinski definition) is 1. The van der Waals surface area contributed by atoms with Gasteiger partial charge in [-0.2, -0.15) is 0 Å². The molecule has 2 aliphatic carbocycles. The second kappa shape index (κ2) is 5.13. The minimum absolute atomic E-state index is 0.0137. The first-order valence-corrected chi connectivity index (χ1v) is 8.35. The summed E-state index contributed by atoms with van der Waals surface area (Å²) in [7, 11) is 0. The van der Waals surface area contributed by atoms with Crippen molar-refractivity contribution in [3.8, 4) is 0 Å². The molecule has 3 rings (SSSR count). The van der Waals surface area contributed by atoms with Gasteiger partial charge in [-0.3, -0.25) is 9.59 Å². The number of rotatable bonds is 3. The van der Waals surface area contributed by atoms with Gasteiger partial charge in [-0.25, -0.2) is 0 Å². The lowest BCUT2D eigenvalue weighted by molar-refractivity contribution is -0.149. The number of carbonyl (C=O) groups is 2. The summed E-state index contributed by atoms with van der Waals surface area (Å²) < 4.78 is 0. The number of carbonyl (C=O) groups excluding carboxylic acids is 2. The molecule has 0 unspecified atom stereocenters. The van der Waals surface area contributed by atoms with Crippen LogP contribution in [0, 0.1) is 24.7 Å². The van der Waals surface area contributed by atoms with Gasteiger partial charge in [0.05, 0.1) is 5.92 Å². The van der Waals surface area contributed by atoms with Gasteiger partial charge in [-0.15, -0.1) is 0 Å². The molecule has 23 heavy (non-hydrogen) atoms. The fraction of sp³-hybridized carbons (Fsp3) is 0.500. The zero-order valence-corrected chi connectivity index (χ0v) is 14.4. The van der Waals surface area contributed by atoms with Crippen LogP contribution in [0.5, 0.6) is 0 Å². The van der Waals surface area contributed by atoms with Crippen LogP contribution in [-0.2, 0) is 21.6 Å². The monoisotopic (exact) mass is 312 g/mol. The molecule has 3 heteroatoms. The summed E-state index contributed by atoms with van der Waals surface area (Å²) in [5.41, 5.74) is 2.48. The molecule has 0 heterocycles. The van der Waals surface area contributed by atoms with E-state index in [2.05, 4.69) is 0 Å². The first-order valence-electron chi connectivity index (χ1n) is 8.35. The Hall–Kier alpha value is -1.74. The lowest BCUT2D eigenvalue weighted by atomic mass is 9.70. The lowest BCUT2D eigenvalue weighted by Crippen LogP contribution is -2.47. The Balaban J connectivity index is 2.29. The van der Waals surface area contributed by atoms with Gasteiger partial charge in [0.15, 0.2) is 11.4 Å². The van der Waals surface area contributed by atoms with Gasteiger partial charge in [-0.1, -0.05) is 39.8 Å². The van der Waals surface area contributed by atoms with E-state index < -0.39 is 11.5 Å². The van der Waals surface area contributed by atoms with E-state index in [4.69, 9.17) is 0 Å². The highest BCUT2D eigenvalue weighted by Crippen LogP contribution is 2.51. The molecule has 3 nitrogen and oxygen atoms in total. The lowest BCUT2D eigenvalue weighted by Gasteiger charge is -2.35. The molecule has 1 N–H and O–H groups in total. The summed E-state index contributed by atoms with van der Waals surface area (Å²) in [6.07, 6.45) is 2.34. The van der Waals surface area contributed by atoms with E-state index >= 15 is 0 Å². The van der Waals surface area contributed by atoms with Crippen LogP contribution >= 0.6 is 0 Å². The number of Topliss-reactive ketones (excluding diaryl/α,β-unsaturated/α-hetero) is 2. The van der Waals surface area contributed by atoms with Crippen LogP contribution < -0.4 is 0 Å². The molecular weight excluding hydrogens is 288 g/mol. The Kier molecular flexibility index (Phi) is 3.60. The van der Waals surface area contributed by atoms with E-state index in [-0.39, 0.29) is 23.4 Å². The normalized spacial score (nSPS) is 25.8. The Morgan fingerprint density at radius 2 is 1.91 bits per heavy atom. The first-order chi connectivity index (χ1) is 10.7. The maximum absolute atomic E-state index is 13.1. The van der Waals surface area contributed by atoms with Gasteiger partial charge in [0.25, 0.3) is 0 Å². The average molecular weight is 312 g/mol. The summed E-state index contributed by atoms with van der Waals surface area (Å²) in [6.45, 7) is 9.52. The molecule has 0 bridgehead atoms. The summed E-state index contributed by atoms with van der Waals surface area (Å²) in [5.74, 6) is -1.19. The maximum Gasteiger partial charge on any atom is 0.195 e. The summed E-state index contributed by atoms with van der Waals surface area (Å²) in [4.78, 5) is 25.8.